The second-order valence-electron chi connectivity index (χ2n) is 4.92. The highest BCUT2D eigenvalue weighted by Gasteiger charge is 2.10. The third-order valence-corrected chi connectivity index (χ3v) is 3.59. The predicted molar refractivity (Wildman–Crippen MR) is 82.2 cm³/mol. The minimum atomic E-state index is -0.229. The molecule has 106 valence electrons. The molecule has 0 saturated heterocycles. The van der Waals surface area contributed by atoms with Crippen LogP contribution in [0.25, 0.3) is 0 Å². The molecule has 2 N–H and O–H groups in total. The summed E-state index contributed by atoms with van der Waals surface area (Å²) in [5, 5.41) is 0. The average Bonchev–Trinajstić information content (AvgIpc) is 2.47. The summed E-state index contributed by atoms with van der Waals surface area (Å²) in [6.45, 7) is 6.23. The molecule has 0 saturated carbocycles. The fourth-order valence-electron chi connectivity index (χ4n) is 2.43. The van der Waals surface area contributed by atoms with Gasteiger partial charge in [0.05, 0.1) is 0 Å². The Labute approximate surface area is 120 Å². The molecular weight excluding hydrogens is 251 g/mol. The molecule has 0 aromatic heterocycles. The Balaban J connectivity index is 2.29. The summed E-state index contributed by atoms with van der Waals surface area (Å²) in [5.41, 5.74) is 10.1. The molecule has 0 bridgehead atoms. The minimum Gasteiger partial charge on any atom is -0.367 e. The summed E-state index contributed by atoms with van der Waals surface area (Å²) in [7, 11) is 0. The SMILES string of the molecule is CCN(Cc1ccc(F)cc1CN)c1ccccc1C. The lowest BCUT2D eigenvalue weighted by atomic mass is 10.1. The summed E-state index contributed by atoms with van der Waals surface area (Å²) in [6.07, 6.45) is 0. The molecule has 0 amide bonds. The van der Waals surface area contributed by atoms with E-state index in [0.29, 0.717) is 6.54 Å². The van der Waals surface area contributed by atoms with Crippen molar-refractivity contribution in [3.8, 4) is 0 Å². The van der Waals surface area contributed by atoms with E-state index in [0.717, 1.165) is 24.2 Å². The van der Waals surface area contributed by atoms with Crippen LogP contribution in [-0.4, -0.2) is 6.54 Å². The summed E-state index contributed by atoms with van der Waals surface area (Å²) >= 11 is 0. The first kappa shape index (κ1) is 14.5. The highest BCUT2D eigenvalue weighted by atomic mass is 19.1. The Morgan fingerprint density at radius 2 is 1.85 bits per heavy atom. The fraction of sp³-hybridized carbons (Fsp3) is 0.294. The van der Waals surface area contributed by atoms with Crippen molar-refractivity contribution in [1.82, 2.24) is 0 Å². The molecule has 3 heteroatoms. The van der Waals surface area contributed by atoms with Gasteiger partial charge in [-0.3, -0.25) is 0 Å². The van der Waals surface area contributed by atoms with Gasteiger partial charge in [-0.25, -0.2) is 4.39 Å². The van der Waals surface area contributed by atoms with Crippen molar-refractivity contribution in [2.24, 2.45) is 5.73 Å². The number of hydrogen-bond acceptors (Lipinski definition) is 2. The Bertz CT molecular complexity index is 581. The van der Waals surface area contributed by atoms with Gasteiger partial charge < -0.3 is 10.6 Å². The maximum absolute atomic E-state index is 13.3. The van der Waals surface area contributed by atoms with Crippen LogP contribution in [0.1, 0.15) is 23.6 Å². The van der Waals surface area contributed by atoms with Crippen molar-refractivity contribution in [3.05, 3.63) is 65.0 Å². The molecule has 0 spiro atoms. The Kier molecular flexibility index (Phi) is 4.74. The van der Waals surface area contributed by atoms with Gasteiger partial charge in [-0.05, 0) is 48.7 Å². The number of anilines is 1. The number of halogens is 1. The normalized spacial score (nSPS) is 10.6. The average molecular weight is 272 g/mol. The first-order chi connectivity index (χ1) is 9.65. The molecule has 2 nitrogen and oxygen atoms in total. The number of hydrogen-bond donors (Lipinski definition) is 1. The standard InChI is InChI=1S/C17H21FN2/c1-3-20(17-7-5-4-6-13(17)2)12-14-8-9-16(18)10-15(14)11-19/h4-10H,3,11-12,19H2,1-2H3. The summed E-state index contributed by atoms with van der Waals surface area (Å²) in [5.74, 6) is -0.229. The summed E-state index contributed by atoms with van der Waals surface area (Å²) < 4.78 is 13.3. The molecule has 0 radical (unpaired) electrons. The van der Waals surface area contributed by atoms with E-state index in [4.69, 9.17) is 5.73 Å². The largest absolute Gasteiger partial charge is 0.367 e. The number of para-hydroxylation sites is 1. The van der Waals surface area contributed by atoms with Gasteiger partial charge in [0, 0.05) is 25.3 Å². The zero-order valence-electron chi connectivity index (χ0n) is 12.1. The second kappa shape index (κ2) is 6.53. The third-order valence-electron chi connectivity index (χ3n) is 3.59. The maximum Gasteiger partial charge on any atom is 0.123 e. The van der Waals surface area contributed by atoms with E-state index in [1.54, 1.807) is 0 Å². The molecular formula is C17H21FN2. The Morgan fingerprint density at radius 1 is 1.10 bits per heavy atom. The minimum absolute atomic E-state index is 0.229. The predicted octanol–water partition coefficient (Wildman–Crippen LogP) is 3.62. The van der Waals surface area contributed by atoms with Gasteiger partial charge in [-0.2, -0.15) is 0 Å². The first-order valence-electron chi connectivity index (χ1n) is 6.93. The molecule has 0 aliphatic heterocycles. The second-order valence-corrected chi connectivity index (χ2v) is 4.92. The smallest absolute Gasteiger partial charge is 0.123 e. The Morgan fingerprint density at radius 3 is 2.50 bits per heavy atom. The maximum atomic E-state index is 13.3. The van der Waals surface area contributed by atoms with Crippen LogP contribution in [0.3, 0.4) is 0 Å². The lowest BCUT2D eigenvalue weighted by molar-refractivity contribution is 0.623. The van der Waals surface area contributed by atoms with Crippen LogP contribution < -0.4 is 10.6 Å². The van der Waals surface area contributed by atoms with Gasteiger partial charge in [0.2, 0.25) is 0 Å². The van der Waals surface area contributed by atoms with Crippen molar-refractivity contribution in [3.63, 3.8) is 0 Å². The van der Waals surface area contributed by atoms with Crippen molar-refractivity contribution >= 4 is 5.69 Å². The molecule has 20 heavy (non-hydrogen) atoms. The van der Waals surface area contributed by atoms with Gasteiger partial charge in [-0.1, -0.05) is 24.3 Å². The van der Waals surface area contributed by atoms with Gasteiger partial charge in [0.15, 0.2) is 0 Å². The highest BCUT2D eigenvalue weighted by Crippen LogP contribution is 2.22. The van der Waals surface area contributed by atoms with E-state index in [-0.39, 0.29) is 5.82 Å². The van der Waals surface area contributed by atoms with Crippen molar-refractivity contribution in [1.29, 1.82) is 0 Å². The molecule has 0 heterocycles. The van der Waals surface area contributed by atoms with E-state index >= 15 is 0 Å². The molecule has 0 atom stereocenters. The van der Waals surface area contributed by atoms with Crippen LogP contribution in [0.2, 0.25) is 0 Å². The van der Waals surface area contributed by atoms with Crippen LogP contribution in [0, 0.1) is 12.7 Å². The number of aryl methyl sites for hydroxylation is 1. The van der Waals surface area contributed by atoms with Crippen molar-refractivity contribution in [2.75, 3.05) is 11.4 Å². The highest BCUT2D eigenvalue weighted by molar-refractivity contribution is 5.53. The van der Waals surface area contributed by atoms with E-state index < -0.39 is 0 Å². The third kappa shape index (κ3) is 3.17. The molecule has 2 aromatic carbocycles. The quantitative estimate of drug-likeness (QED) is 0.900. The molecule has 2 aromatic rings. The number of nitrogens with two attached hydrogens (primary N) is 1. The van der Waals surface area contributed by atoms with Gasteiger partial charge in [0.25, 0.3) is 0 Å². The van der Waals surface area contributed by atoms with E-state index in [9.17, 15) is 4.39 Å². The summed E-state index contributed by atoms with van der Waals surface area (Å²) in [4.78, 5) is 2.28. The molecule has 0 fully saturated rings. The fourth-order valence-corrected chi connectivity index (χ4v) is 2.43. The molecule has 0 aliphatic carbocycles. The van der Waals surface area contributed by atoms with Crippen LogP contribution in [0.4, 0.5) is 10.1 Å². The van der Waals surface area contributed by atoms with Crippen molar-refractivity contribution < 1.29 is 4.39 Å². The summed E-state index contributed by atoms with van der Waals surface area (Å²) in [6, 6.07) is 13.2. The number of rotatable bonds is 5. The van der Waals surface area contributed by atoms with Gasteiger partial charge in [0.1, 0.15) is 5.82 Å². The number of nitrogens with zero attached hydrogens (tertiary/aromatic N) is 1. The zero-order valence-corrected chi connectivity index (χ0v) is 12.1. The monoisotopic (exact) mass is 272 g/mol. The van der Waals surface area contributed by atoms with Crippen LogP contribution in [-0.2, 0) is 13.1 Å². The Hall–Kier alpha value is -1.87. The zero-order chi connectivity index (χ0) is 14.5. The number of benzene rings is 2. The first-order valence-corrected chi connectivity index (χ1v) is 6.93. The molecule has 0 unspecified atom stereocenters. The van der Waals surface area contributed by atoms with Gasteiger partial charge >= 0.3 is 0 Å². The lowest BCUT2D eigenvalue weighted by Gasteiger charge is -2.26. The molecule has 0 aliphatic rings. The lowest BCUT2D eigenvalue weighted by Crippen LogP contribution is -2.24. The van der Waals surface area contributed by atoms with E-state index in [2.05, 4.69) is 30.9 Å². The van der Waals surface area contributed by atoms with E-state index in [1.165, 1.54) is 23.4 Å². The van der Waals surface area contributed by atoms with Gasteiger partial charge in [-0.15, -0.1) is 0 Å². The van der Waals surface area contributed by atoms with Crippen LogP contribution in [0.15, 0.2) is 42.5 Å². The van der Waals surface area contributed by atoms with Crippen molar-refractivity contribution in [2.45, 2.75) is 26.9 Å². The topological polar surface area (TPSA) is 29.3 Å². The molecule has 2 rings (SSSR count). The van der Waals surface area contributed by atoms with E-state index in [1.807, 2.05) is 18.2 Å². The van der Waals surface area contributed by atoms with Crippen LogP contribution in [0.5, 0.6) is 0 Å². The van der Waals surface area contributed by atoms with Crippen LogP contribution >= 0.6 is 0 Å².